The standard InChI is InChI=1S/C19H26N2O3/c1-15(22)20-11-13-21(14-12-20)19(23)18(16-7-3-2-4-8-16)24-17-9-5-6-10-17/h2-4,7-8,17-18H,5-6,9-14H2,1H3. The van der Waals surface area contributed by atoms with Crippen LogP contribution in [0, 0.1) is 0 Å². The summed E-state index contributed by atoms with van der Waals surface area (Å²) < 4.78 is 6.22. The van der Waals surface area contributed by atoms with Crippen molar-refractivity contribution in [1.29, 1.82) is 0 Å². The van der Waals surface area contributed by atoms with Gasteiger partial charge in [0, 0.05) is 33.1 Å². The Kier molecular flexibility index (Phi) is 5.51. The first-order chi connectivity index (χ1) is 11.6. The molecule has 0 N–H and O–H groups in total. The zero-order chi connectivity index (χ0) is 16.9. The van der Waals surface area contributed by atoms with Crippen molar-refractivity contribution in [3.8, 4) is 0 Å². The highest BCUT2D eigenvalue weighted by molar-refractivity contribution is 5.83. The third-order valence-electron chi connectivity index (χ3n) is 4.99. The fourth-order valence-electron chi connectivity index (χ4n) is 3.53. The van der Waals surface area contributed by atoms with Gasteiger partial charge in [0.15, 0.2) is 6.10 Å². The molecule has 0 aromatic heterocycles. The first-order valence-electron chi connectivity index (χ1n) is 8.90. The Balaban J connectivity index is 1.70. The minimum Gasteiger partial charge on any atom is -0.360 e. The van der Waals surface area contributed by atoms with Gasteiger partial charge >= 0.3 is 0 Å². The summed E-state index contributed by atoms with van der Waals surface area (Å²) in [6, 6.07) is 9.77. The van der Waals surface area contributed by atoms with Crippen LogP contribution >= 0.6 is 0 Å². The number of rotatable bonds is 4. The van der Waals surface area contributed by atoms with E-state index < -0.39 is 6.10 Å². The average Bonchev–Trinajstić information content (AvgIpc) is 3.13. The zero-order valence-electron chi connectivity index (χ0n) is 14.3. The summed E-state index contributed by atoms with van der Waals surface area (Å²) in [5, 5.41) is 0. The van der Waals surface area contributed by atoms with Crippen molar-refractivity contribution in [1.82, 2.24) is 9.80 Å². The van der Waals surface area contributed by atoms with Gasteiger partial charge in [-0.1, -0.05) is 43.2 Å². The minimum absolute atomic E-state index is 0.0244. The normalized spacial score (nSPS) is 20.2. The van der Waals surface area contributed by atoms with E-state index in [2.05, 4.69) is 0 Å². The maximum atomic E-state index is 13.1. The Hall–Kier alpha value is -1.88. The summed E-state index contributed by atoms with van der Waals surface area (Å²) in [7, 11) is 0. The summed E-state index contributed by atoms with van der Waals surface area (Å²) >= 11 is 0. The van der Waals surface area contributed by atoms with Crippen LogP contribution < -0.4 is 0 Å². The molecule has 0 bridgehead atoms. The summed E-state index contributed by atoms with van der Waals surface area (Å²) in [5.41, 5.74) is 0.920. The molecule has 1 aliphatic carbocycles. The zero-order valence-corrected chi connectivity index (χ0v) is 14.3. The second-order valence-electron chi connectivity index (χ2n) is 6.66. The lowest BCUT2D eigenvalue weighted by Gasteiger charge is -2.36. The number of benzene rings is 1. The molecule has 1 saturated heterocycles. The van der Waals surface area contributed by atoms with Gasteiger partial charge in [-0.2, -0.15) is 0 Å². The molecular weight excluding hydrogens is 304 g/mol. The van der Waals surface area contributed by atoms with Crippen LogP contribution in [0.3, 0.4) is 0 Å². The molecular formula is C19H26N2O3. The first kappa shape index (κ1) is 17.0. The molecule has 24 heavy (non-hydrogen) atoms. The van der Waals surface area contributed by atoms with E-state index in [4.69, 9.17) is 4.74 Å². The van der Waals surface area contributed by atoms with E-state index in [1.807, 2.05) is 35.2 Å². The van der Waals surface area contributed by atoms with E-state index >= 15 is 0 Å². The Morgan fingerprint density at radius 2 is 1.58 bits per heavy atom. The molecule has 5 nitrogen and oxygen atoms in total. The first-order valence-corrected chi connectivity index (χ1v) is 8.90. The molecule has 130 valence electrons. The van der Waals surface area contributed by atoms with E-state index in [0.29, 0.717) is 26.2 Å². The van der Waals surface area contributed by atoms with Crippen molar-refractivity contribution in [2.45, 2.75) is 44.8 Å². The lowest BCUT2D eigenvalue weighted by atomic mass is 10.1. The fourth-order valence-corrected chi connectivity index (χ4v) is 3.53. The van der Waals surface area contributed by atoms with Crippen molar-refractivity contribution in [3.63, 3.8) is 0 Å². The average molecular weight is 330 g/mol. The van der Waals surface area contributed by atoms with Crippen LogP contribution in [0.2, 0.25) is 0 Å². The number of hydrogen-bond donors (Lipinski definition) is 0. The second kappa shape index (κ2) is 7.79. The maximum absolute atomic E-state index is 13.1. The second-order valence-corrected chi connectivity index (χ2v) is 6.66. The van der Waals surface area contributed by atoms with Gasteiger partial charge in [-0.05, 0) is 18.4 Å². The van der Waals surface area contributed by atoms with Crippen molar-refractivity contribution >= 4 is 11.8 Å². The fraction of sp³-hybridized carbons (Fsp3) is 0.579. The lowest BCUT2D eigenvalue weighted by Crippen LogP contribution is -2.51. The number of amides is 2. The molecule has 2 amide bonds. The summed E-state index contributed by atoms with van der Waals surface area (Å²) in [4.78, 5) is 28.1. The predicted molar refractivity (Wildman–Crippen MR) is 91.4 cm³/mol. The molecule has 1 heterocycles. The van der Waals surface area contributed by atoms with Gasteiger partial charge in [-0.3, -0.25) is 9.59 Å². The van der Waals surface area contributed by atoms with E-state index in [1.54, 1.807) is 11.8 Å². The molecule has 1 atom stereocenters. The number of nitrogens with zero attached hydrogens (tertiary/aromatic N) is 2. The largest absolute Gasteiger partial charge is 0.360 e. The monoisotopic (exact) mass is 330 g/mol. The third-order valence-corrected chi connectivity index (χ3v) is 4.99. The Bertz CT molecular complexity index is 561. The smallest absolute Gasteiger partial charge is 0.256 e. The van der Waals surface area contributed by atoms with Gasteiger partial charge in [0.1, 0.15) is 0 Å². The molecule has 1 saturated carbocycles. The Morgan fingerprint density at radius 3 is 2.17 bits per heavy atom. The topological polar surface area (TPSA) is 49.9 Å². The molecule has 1 aromatic carbocycles. The molecule has 0 radical (unpaired) electrons. The SMILES string of the molecule is CC(=O)N1CCN(C(=O)C(OC2CCCC2)c2ccccc2)CC1. The lowest BCUT2D eigenvalue weighted by molar-refractivity contribution is -0.151. The van der Waals surface area contributed by atoms with Gasteiger partial charge < -0.3 is 14.5 Å². The van der Waals surface area contributed by atoms with Crippen LogP contribution in [0.25, 0.3) is 0 Å². The van der Waals surface area contributed by atoms with Gasteiger partial charge in [-0.25, -0.2) is 0 Å². The number of piperazine rings is 1. The molecule has 1 aliphatic heterocycles. The highest BCUT2D eigenvalue weighted by Crippen LogP contribution is 2.29. The van der Waals surface area contributed by atoms with Crippen molar-refractivity contribution in [3.05, 3.63) is 35.9 Å². The molecule has 5 heteroatoms. The number of ether oxygens (including phenoxy) is 1. The molecule has 2 fully saturated rings. The van der Waals surface area contributed by atoms with E-state index in [0.717, 1.165) is 18.4 Å². The summed E-state index contributed by atoms with van der Waals surface area (Å²) in [6.07, 6.45) is 4.08. The van der Waals surface area contributed by atoms with Gasteiger partial charge in [-0.15, -0.1) is 0 Å². The molecule has 3 rings (SSSR count). The molecule has 1 unspecified atom stereocenters. The van der Waals surface area contributed by atoms with Crippen molar-refractivity contribution in [2.24, 2.45) is 0 Å². The van der Waals surface area contributed by atoms with E-state index in [9.17, 15) is 9.59 Å². The number of carbonyl (C=O) groups is 2. The van der Waals surface area contributed by atoms with Gasteiger partial charge in [0.2, 0.25) is 5.91 Å². The maximum Gasteiger partial charge on any atom is 0.256 e. The van der Waals surface area contributed by atoms with E-state index in [1.165, 1.54) is 12.8 Å². The number of carbonyl (C=O) groups excluding carboxylic acids is 2. The highest BCUT2D eigenvalue weighted by Gasteiger charge is 2.32. The van der Waals surface area contributed by atoms with Crippen LogP contribution in [0.4, 0.5) is 0 Å². The van der Waals surface area contributed by atoms with E-state index in [-0.39, 0.29) is 17.9 Å². The van der Waals surface area contributed by atoms with Crippen LogP contribution in [0.5, 0.6) is 0 Å². The highest BCUT2D eigenvalue weighted by atomic mass is 16.5. The van der Waals surface area contributed by atoms with Crippen LogP contribution in [-0.2, 0) is 14.3 Å². The summed E-state index contributed by atoms with van der Waals surface area (Å²) in [6.45, 7) is 3.94. The van der Waals surface area contributed by atoms with Crippen LogP contribution in [-0.4, -0.2) is 53.9 Å². The van der Waals surface area contributed by atoms with Gasteiger partial charge in [0.25, 0.3) is 5.91 Å². The Labute approximate surface area is 143 Å². The van der Waals surface area contributed by atoms with Crippen LogP contribution in [0.15, 0.2) is 30.3 Å². The predicted octanol–water partition coefficient (Wildman–Crippen LogP) is 2.38. The van der Waals surface area contributed by atoms with Gasteiger partial charge in [0.05, 0.1) is 6.10 Å². The minimum atomic E-state index is -0.529. The quantitative estimate of drug-likeness (QED) is 0.852. The molecule has 0 spiro atoms. The molecule has 1 aromatic rings. The molecule has 2 aliphatic rings. The van der Waals surface area contributed by atoms with Crippen molar-refractivity contribution in [2.75, 3.05) is 26.2 Å². The number of hydrogen-bond acceptors (Lipinski definition) is 3. The van der Waals surface area contributed by atoms with Crippen molar-refractivity contribution < 1.29 is 14.3 Å². The third kappa shape index (κ3) is 3.96. The Morgan fingerprint density at radius 1 is 1.00 bits per heavy atom. The van der Waals surface area contributed by atoms with Crippen LogP contribution in [0.1, 0.15) is 44.3 Å². The summed E-state index contributed by atoms with van der Waals surface area (Å²) in [5.74, 6) is 0.0974.